The van der Waals surface area contributed by atoms with E-state index in [1.165, 1.54) is 0 Å². The third-order valence-corrected chi connectivity index (χ3v) is 1.60. The Labute approximate surface area is 63.4 Å². The lowest BCUT2D eigenvalue weighted by molar-refractivity contribution is 0.141. The summed E-state index contributed by atoms with van der Waals surface area (Å²) in [7, 11) is 1.55. The van der Waals surface area contributed by atoms with Gasteiger partial charge in [0, 0.05) is 7.11 Å². The van der Waals surface area contributed by atoms with Crippen LogP contribution in [0.4, 0.5) is 0 Å². The average Bonchev–Trinajstić information content (AvgIpc) is 1.59. The molecule has 0 radical (unpaired) electrons. The van der Waals surface area contributed by atoms with Crippen LogP contribution in [0.25, 0.3) is 0 Å². The van der Waals surface area contributed by atoms with E-state index < -0.39 is 16.8 Å². The van der Waals surface area contributed by atoms with E-state index >= 15 is 0 Å². The summed E-state index contributed by atoms with van der Waals surface area (Å²) in [5.74, 6) is 0. The van der Waals surface area contributed by atoms with Crippen LogP contribution in [0.15, 0.2) is 0 Å². The Morgan fingerprint density at radius 3 is 2.50 bits per heavy atom. The molecule has 1 unspecified atom stereocenters. The molecule has 0 aromatic carbocycles. The Morgan fingerprint density at radius 1 is 1.70 bits per heavy atom. The van der Waals surface area contributed by atoms with Crippen molar-refractivity contribution >= 4 is 11.3 Å². The molecule has 0 aliphatic heterocycles. The average molecular weight is 167 g/mol. The Balaban J connectivity index is 3.74. The first-order valence-electron chi connectivity index (χ1n) is 2.85. The third-order valence-electron chi connectivity index (χ3n) is 0.869. The molecule has 0 aliphatic rings. The Bertz CT molecular complexity index is 126. The maximum Gasteiger partial charge on any atom is 0.232 e. The summed E-state index contributed by atoms with van der Waals surface area (Å²) < 4.78 is 25.9. The van der Waals surface area contributed by atoms with Crippen molar-refractivity contribution in [2.75, 3.05) is 13.7 Å². The van der Waals surface area contributed by atoms with Gasteiger partial charge in [0.05, 0.1) is 12.1 Å². The lowest BCUT2D eigenvalue weighted by Gasteiger charge is -2.22. The maximum absolute atomic E-state index is 10.2. The van der Waals surface area contributed by atoms with Gasteiger partial charge in [0.15, 0.2) is 0 Å². The number of rotatable bonds is 4. The van der Waals surface area contributed by atoms with E-state index in [2.05, 4.69) is 4.72 Å². The summed E-state index contributed by atoms with van der Waals surface area (Å²) >= 11 is -1.97. The highest BCUT2D eigenvalue weighted by Gasteiger charge is 2.18. The van der Waals surface area contributed by atoms with Crippen LogP contribution in [-0.2, 0) is 16.0 Å². The Morgan fingerprint density at radius 2 is 2.20 bits per heavy atom. The number of methoxy groups -OCH3 is 1. The van der Waals surface area contributed by atoms with Crippen LogP contribution in [-0.4, -0.2) is 28.0 Å². The van der Waals surface area contributed by atoms with Gasteiger partial charge in [-0.3, -0.25) is 4.55 Å². The van der Waals surface area contributed by atoms with Gasteiger partial charge in [-0.1, -0.05) is 0 Å². The molecular formula is C5H13NO3S. The van der Waals surface area contributed by atoms with Crippen molar-refractivity contribution in [1.29, 1.82) is 0 Å². The normalized spacial score (nSPS) is 15.2. The molecule has 0 rings (SSSR count). The standard InChI is InChI=1S/C5H13NO3S/c1-5(2,4-9-3)6-10(7)8/h6H,4H2,1-3H3,(H,7,8). The fraction of sp³-hybridized carbons (Fsp3) is 1.00. The predicted molar refractivity (Wildman–Crippen MR) is 39.9 cm³/mol. The molecule has 0 aromatic rings. The minimum Gasteiger partial charge on any atom is -0.383 e. The molecule has 4 nitrogen and oxygen atoms in total. The van der Waals surface area contributed by atoms with Crippen molar-refractivity contribution in [3.63, 3.8) is 0 Å². The minimum absolute atomic E-state index is 0.402. The van der Waals surface area contributed by atoms with Crippen LogP contribution in [0.1, 0.15) is 13.8 Å². The zero-order valence-corrected chi connectivity index (χ0v) is 7.20. The summed E-state index contributed by atoms with van der Waals surface area (Å²) in [5, 5.41) is 0. The lowest BCUT2D eigenvalue weighted by atomic mass is 10.1. The van der Waals surface area contributed by atoms with Crippen LogP contribution in [0.2, 0.25) is 0 Å². The maximum atomic E-state index is 10.2. The second-order valence-electron chi connectivity index (χ2n) is 2.67. The molecule has 5 heteroatoms. The molecular weight excluding hydrogens is 154 g/mol. The molecule has 0 bridgehead atoms. The van der Waals surface area contributed by atoms with Gasteiger partial charge in [-0.2, -0.15) is 0 Å². The van der Waals surface area contributed by atoms with Crippen LogP contribution < -0.4 is 4.72 Å². The second kappa shape index (κ2) is 4.02. The van der Waals surface area contributed by atoms with Crippen molar-refractivity contribution in [2.24, 2.45) is 0 Å². The van der Waals surface area contributed by atoms with E-state index in [1.807, 2.05) is 0 Å². The molecule has 10 heavy (non-hydrogen) atoms. The Kier molecular flexibility index (Phi) is 4.04. The van der Waals surface area contributed by atoms with E-state index in [9.17, 15) is 4.21 Å². The zero-order chi connectivity index (χ0) is 8.20. The zero-order valence-electron chi connectivity index (χ0n) is 6.38. The first-order valence-corrected chi connectivity index (χ1v) is 3.96. The van der Waals surface area contributed by atoms with E-state index in [1.54, 1.807) is 21.0 Å². The molecule has 2 N–H and O–H groups in total. The molecule has 0 fully saturated rings. The van der Waals surface area contributed by atoms with E-state index in [0.29, 0.717) is 6.61 Å². The Hall–Kier alpha value is 0.0300. The second-order valence-corrected chi connectivity index (χ2v) is 3.37. The van der Waals surface area contributed by atoms with Crippen LogP contribution in [0.3, 0.4) is 0 Å². The first kappa shape index (κ1) is 10.0. The van der Waals surface area contributed by atoms with Gasteiger partial charge in [-0.25, -0.2) is 8.93 Å². The van der Waals surface area contributed by atoms with Crippen molar-refractivity contribution in [1.82, 2.24) is 4.72 Å². The highest BCUT2D eigenvalue weighted by Crippen LogP contribution is 2.01. The summed E-state index contributed by atoms with van der Waals surface area (Å²) in [6, 6.07) is 0. The third kappa shape index (κ3) is 4.87. The predicted octanol–water partition coefficient (Wildman–Crippen LogP) is 0.138. The SMILES string of the molecule is COCC(C)(C)NS(=O)O. The van der Waals surface area contributed by atoms with Crippen molar-refractivity contribution in [2.45, 2.75) is 19.4 Å². The smallest absolute Gasteiger partial charge is 0.232 e. The van der Waals surface area contributed by atoms with Gasteiger partial charge >= 0.3 is 0 Å². The largest absolute Gasteiger partial charge is 0.383 e. The number of hydrogen-bond acceptors (Lipinski definition) is 2. The van der Waals surface area contributed by atoms with Crippen molar-refractivity contribution in [3.8, 4) is 0 Å². The van der Waals surface area contributed by atoms with Crippen molar-refractivity contribution in [3.05, 3.63) is 0 Å². The molecule has 62 valence electrons. The minimum atomic E-state index is -1.97. The molecule has 1 atom stereocenters. The molecule has 0 amide bonds. The monoisotopic (exact) mass is 167 g/mol. The number of hydrogen-bond donors (Lipinski definition) is 2. The highest BCUT2D eigenvalue weighted by atomic mass is 32.2. The summed E-state index contributed by atoms with van der Waals surface area (Å²) in [4.78, 5) is 0. The summed E-state index contributed by atoms with van der Waals surface area (Å²) in [6.07, 6.45) is 0. The molecule has 0 aromatic heterocycles. The summed E-state index contributed by atoms with van der Waals surface area (Å²) in [6.45, 7) is 3.97. The van der Waals surface area contributed by atoms with Crippen molar-refractivity contribution < 1.29 is 13.5 Å². The lowest BCUT2D eigenvalue weighted by Crippen LogP contribution is -2.43. The van der Waals surface area contributed by atoms with Gasteiger partial charge in [0.2, 0.25) is 11.3 Å². The van der Waals surface area contributed by atoms with Gasteiger partial charge < -0.3 is 4.74 Å². The molecule has 0 saturated heterocycles. The van der Waals surface area contributed by atoms with E-state index in [-0.39, 0.29) is 0 Å². The quantitative estimate of drug-likeness (QED) is 0.585. The van der Waals surface area contributed by atoms with Crippen LogP contribution in [0.5, 0.6) is 0 Å². The molecule has 0 saturated carbocycles. The fourth-order valence-corrected chi connectivity index (χ4v) is 1.16. The molecule has 0 spiro atoms. The van der Waals surface area contributed by atoms with E-state index in [4.69, 9.17) is 9.29 Å². The molecule has 0 aliphatic carbocycles. The van der Waals surface area contributed by atoms with Crippen LogP contribution in [0, 0.1) is 0 Å². The van der Waals surface area contributed by atoms with Gasteiger partial charge in [0.25, 0.3) is 0 Å². The van der Waals surface area contributed by atoms with Crippen LogP contribution >= 0.6 is 0 Å². The number of ether oxygens (including phenoxy) is 1. The van der Waals surface area contributed by atoms with Gasteiger partial charge in [-0.05, 0) is 13.8 Å². The van der Waals surface area contributed by atoms with E-state index in [0.717, 1.165) is 0 Å². The number of nitrogens with one attached hydrogen (secondary N) is 1. The fourth-order valence-electron chi connectivity index (χ4n) is 0.627. The first-order chi connectivity index (χ1) is 4.48. The molecule has 0 heterocycles. The highest BCUT2D eigenvalue weighted by molar-refractivity contribution is 7.77. The summed E-state index contributed by atoms with van der Waals surface area (Å²) in [5.41, 5.74) is -0.450. The van der Waals surface area contributed by atoms with Gasteiger partial charge in [0.1, 0.15) is 0 Å². The topological polar surface area (TPSA) is 58.6 Å². The van der Waals surface area contributed by atoms with Gasteiger partial charge in [-0.15, -0.1) is 0 Å².